The summed E-state index contributed by atoms with van der Waals surface area (Å²) >= 11 is 0. The van der Waals surface area contributed by atoms with Crippen molar-refractivity contribution >= 4 is 38.7 Å². The lowest BCUT2D eigenvalue weighted by atomic mass is 9.98. The van der Waals surface area contributed by atoms with Crippen LogP contribution in [0.1, 0.15) is 17.4 Å². The van der Waals surface area contributed by atoms with Crippen molar-refractivity contribution in [1.82, 2.24) is 9.97 Å². The van der Waals surface area contributed by atoms with Crippen LogP contribution in [-0.4, -0.2) is 22.5 Å². The monoisotopic (exact) mass is 382 g/mol. The maximum absolute atomic E-state index is 13.3. The van der Waals surface area contributed by atoms with Gasteiger partial charge in [-0.25, -0.2) is 4.79 Å². The van der Waals surface area contributed by atoms with E-state index in [0.29, 0.717) is 27.5 Å². The van der Waals surface area contributed by atoms with Crippen molar-refractivity contribution in [3.05, 3.63) is 82.6 Å². The number of H-pyrrole nitrogens is 2. The lowest BCUT2D eigenvalue weighted by molar-refractivity contribution is 0.0521. The topological polar surface area (TPSA) is 75.0 Å². The molecule has 5 aromatic rings. The maximum Gasteiger partial charge on any atom is 0.355 e. The van der Waals surface area contributed by atoms with Crippen LogP contribution in [0, 0.1) is 0 Å². The van der Waals surface area contributed by atoms with Crippen LogP contribution in [0.3, 0.4) is 0 Å². The minimum Gasteiger partial charge on any atom is -0.461 e. The minimum absolute atomic E-state index is 0.121. The number of esters is 1. The average molecular weight is 382 g/mol. The zero-order valence-electron chi connectivity index (χ0n) is 15.8. The Hall–Kier alpha value is -3.86. The first-order valence-electron chi connectivity index (χ1n) is 9.50. The highest BCUT2D eigenvalue weighted by Gasteiger charge is 2.23. The summed E-state index contributed by atoms with van der Waals surface area (Å²) in [5, 5.41) is 3.16. The minimum atomic E-state index is -0.483. The zero-order chi connectivity index (χ0) is 20.0. The number of fused-ring (bicyclic) bond motifs is 3. The number of carbonyl (C=O) groups excluding carboxylic acids is 1. The van der Waals surface area contributed by atoms with Crippen LogP contribution >= 0.6 is 0 Å². The molecule has 5 rings (SSSR count). The van der Waals surface area contributed by atoms with Crippen LogP contribution in [0.4, 0.5) is 0 Å². The van der Waals surface area contributed by atoms with Crippen molar-refractivity contribution < 1.29 is 9.53 Å². The number of aromatic nitrogens is 2. The third kappa shape index (κ3) is 2.70. The molecule has 0 aliphatic heterocycles. The Morgan fingerprint density at radius 2 is 1.69 bits per heavy atom. The number of rotatable bonds is 3. The largest absolute Gasteiger partial charge is 0.461 e. The Kier molecular flexibility index (Phi) is 3.95. The van der Waals surface area contributed by atoms with Crippen LogP contribution in [0.25, 0.3) is 43.8 Å². The van der Waals surface area contributed by atoms with Gasteiger partial charge in [-0.15, -0.1) is 0 Å². The van der Waals surface area contributed by atoms with Crippen LogP contribution in [0.2, 0.25) is 0 Å². The van der Waals surface area contributed by atoms with Gasteiger partial charge in [0.25, 0.3) is 0 Å². The van der Waals surface area contributed by atoms with Crippen molar-refractivity contribution in [2.45, 2.75) is 6.92 Å². The van der Waals surface area contributed by atoms with Crippen molar-refractivity contribution in [1.29, 1.82) is 0 Å². The van der Waals surface area contributed by atoms with Crippen molar-refractivity contribution in [3.63, 3.8) is 0 Å². The quantitative estimate of drug-likeness (QED) is 0.431. The number of benzene rings is 3. The lowest BCUT2D eigenvalue weighted by Gasteiger charge is -2.07. The van der Waals surface area contributed by atoms with Crippen LogP contribution < -0.4 is 5.43 Å². The predicted octanol–water partition coefficient (Wildman–Crippen LogP) is 5.01. The van der Waals surface area contributed by atoms with E-state index < -0.39 is 5.97 Å². The molecular weight excluding hydrogens is 364 g/mol. The molecule has 0 spiro atoms. The molecule has 0 unspecified atom stereocenters. The molecule has 0 bridgehead atoms. The summed E-state index contributed by atoms with van der Waals surface area (Å²) in [4.78, 5) is 32.4. The summed E-state index contributed by atoms with van der Waals surface area (Å²) in [6.07, 6.45) is 0. The molecular formula is C24H18N2O3. The van der Waals surface area contributed by atoms with Gasteiger partial charge in [0.05, 0.1) is 17.5 Å². The second-order valence-corrected chi connectivity index (χ2v) is 6.91. The summed E-state index contributed by atoms with van der Waals surface area (Å²) in [6, 6.07) is 21.2. The standard InChI is InChI=1S/C24H18N2O3/c1-2-29-24(28)21-19(16-12-11-14-7-3-4-8-15(14)13-16)20-22(27)17-9-5-6-10-18(17)25-23(20)26-21/h3-13H,2H2,1H3,(H2,25,26,27). The molecule has 5 nitrogen and oxygen atoms in total. The Balaban J connectivity index is 1.89. The fraction of sp³-hybridized carbons (Fsp3) is 0.0833. The SMILES string of the molecule is CCOC(=O)c1[nH]c2[nH]c3ccccc3c(=O)c2c1-c1ccc2ccccc2c1. The van der Waals surface area contributed by atoms with Gasteiger partial charge >= 0.3 is 5.97 Å². The smallest absolute Gasteiger partial charge is 0.355 e. The van der Waals surface area contributed by atoms with Gasteiger partial charge in [0, 0.05) is 10.9 Å². The normalized spacial score (nSPS) is 11.3. The third-order valence-corrected chi connectivity index (χ3v) is 5.18. The summed E-state index contributed by atoms with van der Waals surface area (Å²) in [6.45, 7) is 2.01. The first-order chi connectivity index (χ1) is 14.2. The summed E-state index contributed by atoms with van der Waals surface area (Å²) in [5.41, 5.74) is 2.74. The Labute approximate surface area is 165 Å². The van der Waals surface area contributed by atoms with E-state index in [1.165, 1.54) is 0 Å². The van der Waals surface area contributed by atoms with Crippen molar-refractivity contribution in [2.75, 3.05) is 6.61 Å². The van der Waals surface area contributed by atoms with Crippen LogP contribution in [0.15, 0.2) is 71.5 Å². The molecule has 2 heterocycles. The predicted molar refractivity (Wildman–Crippen MR) is 115 cm³/mol. The number of aromatic amines is 2. The third-order valence-electron chi connectivity index (χ3n) is 5.18. The Bertz CT molecular complexity index is 1460. The van der Waals surface area contributed by atoms with Crippen molar-refractivity contribution in [3.8, 4) is 11.1 Å². The maximum atomic E-state index is 13.3. The molecule has 3 aromatic carbocycles. The first-order valence-corrected chi connectivity index (χ1v) is 9.50. The molecule has 142 valence electrons. The highest BCUT2D eigenvalue weighted by atomic mass is 16.5. The number of hydrogen-bond acceptors (Lipinski definition) is 3. The summed E-state index contributed by atoms with van der Waals surface area (Å²) in [5.74, 6) is -0.483. The molecule has 0 fully saturated rings. The van der Waals surface area contributed by atoms with Gasteiger partial charge in [0.15, 0.2) is 5.43 Å². The van der Waals surface area contributed by atoms with Gasteiger partial charge in [0.2, 0.25) is 0 Å². The summed E-state index contributed by atoms with van der Waals surface area (Å²) < 4.78 is 5.26. The number of pyridine rings is 1. The van der Waals surface area contributed by atoms with E-state index in [1.54, 1.807) is 13.0 Å². The number of ether oxygens (including phenoxy) is 1. The van der Waals surface area contributed by atoms with Gasteiger partial charge < -0.3 is 14.7 Å². The van der Waals surface area contributed by atoms with Gasteiger partial charge in [-0.3, -0.25) is 4.79 Å². The van der Waals surface area contributed by atoms with Gasteiger partial charge in [-0.1, -0.05) is 48.5 Å². The van der Waals surface area contributed by atoms with E-state index in [0.717, 1.165) is 16.3 Å². The van der Waals surface area contributed by atoms with Gasteiger partial charge in [-0.05, 0) is 41.5 Å². The first kappa shape index (κ1) is 17.3. The molecule has 29 heavy (non-hydrogen) atoms. The Morgan fingerprint density at radius 3 is 2.52 bits per heavy atom. The van der Waals surface area contributed by atoms with Gasteiger partial charge in [-0.2, -0.15) is 0 Å². The molecule has 0 amide bonds. The van der Waals surface area contributed by atoms with E-state index in [-0.39, 0.29) is 17.7 Å². The van der Waals surface area contributed by atoms with Crippen molar-refractivity contribution in [2.24, 2.45) is 0 Å². The number of nitrogens with one attached hydrogen (secondary N) is 2. The van der Waals surface area contributed by atoms with E-state index >= 15 is 0 Å². The molecule has 0 saturated carbocycles. The zero-order valence-corrected chi connectivity index (χ0v) is 15.8. The molecule has 0 atom stereocenters. The Morgan fingerprint density at radius 1 is 0.931 bits per heavy atom. The number of carbonyl (C=O) groups is 1. The van der Waals surface area contributed by atoms with Gasteiger partial charge in [0.1, 0.15) is 11.3 Å². The lowest BCUT2D eigenvalue weighted by Crippen LogP contribution is -2.07. The van der Waals surface area contributed by atoms with E-state index in [4.69, 9.17) is 4.74 Å². The van der Waals surface area contributed by atoms with E-state index in [2.05, 4.69) is 9.97 Å². The van der Waals surface area contributed by atoms with Crippen LogP contribution in [0.5, 0.6) is 0 Å². The number of para-hydroxylation sites is 1. The molecule has 5 heteroatoms. The fourth-order valence-electron chi connectivity index (χ4n) is 3.87. The molecule has 2 aromatic heterocycles. The highest BCUT2D eigenvalue weighted by Crippen LogP contribution is 2.33. The molecule has 0 radical (unpaired) electrons. The van der Waals surface area contributed by atoms with E-state index in [1.807, 2.05) is 60.7 Å². The average Bonchev–Trinajstić information content (AvgIpc) is 3.13. The fourth-order valence-corrected chi connectivity index (χ4v) is 3.87. The second-order valence-electron chi connectivity index (χ2n) is 6.91. The molecule has 0 saturated heterocycles. The molecule has 0 aliphatic carbocycles. The summed E-state index contributed by atoms with van der Waals surface area (Å²) in [7, 11) is 0. The number of hydrogen-bond donors (Lipinski definition) is 2. The van der Waals surface area contributed by atoms with E-state index in [9.17, 15) is 9.59 Å². The molecule has 0 aliphatic rings. The highest BCUT2D eigenvalue weighted by molar-refractivity contribution is 6.10. The second kappa shape index (κ2) is 6.63. The van der Waals surface area contributed by atoms with Crippen LogP contribution in [-0.2, 0) is 4.74 Å². The molecule has 2 N–H and O–H groups in total.